The van der Waals surface area contributed by atoms with Crippen molar-refractivity contribution in [3.63, 3.8) is 0 Å². The lowest BCUT2D eigenvalue weighted by Gasteiger charge is -2.11. The van der Waals surface area contributed by atoms with E-state index in [-0.39, 0.29) is 5.82 Å². The van der Waals surface area contributed by atoms with E-state index in [1.54, 1.807) is 6.08 Å². The summed E-state index contributed by atoms with van der Waals surface area (Å²) in [7, 11) is -1.18. The summed E-state index contributed by atoms with van der Waals surface area (Å²) in [4.78, 5) is 0. The van der Waals surface area contributed by atoms with Crippen LogP contribution in [0.5, 0.6) is 0 Å². The van der Waals surface area contributed by atoms with E-state index >= 15 is 0 Å². The van der Waals surface area contributed by atoms with Crippen LogP contribution in [0.25, 0.3) is 0 Å². The van der Waals surface area contributed by atoms with E-state index in [0.29, 0.717) is 6.42 Å². The Kier molecular flexibility index (Phi) is 6.28. The zero-order valence-corrected chi connectivity index (χ0v) is 7.16. The smallest absolute Gasteiger partial charge is 0.427 e. The lowest BCUT2D eigenvalue weighted by atomic mass is 9.68. The topological polar surface area (TPSA) is 40.5 Å². The highest BCUT2D eigenvalue weighted by Crippen LogP contribution is 2.20. The maximum atomic E-state index is 8.88. The van der Waals surface area contributed by atoms with Crippen LogP contribution < -0.4 is 0 Å². The van der Waals surface area contributed by atoms with Crippen LogP contribution >= 0.6 is 0 Å². The van der Waals surface area contributed by atoms with Crippen LogP contribution in [0.2, 0.25) is 5.82 Å². The van der Waals surface area contributed by atoms with Crippen LogP contribution in [0.1, 0.15) is 32.6 Å². The molecule has 0 aliphatic heterocycles. The summed E-state index contributed by atoms with van der Waals surface area (Å²) in [5.74, 6) is -0.0209. The van der Waals surface area contributed by atoms with Crippen molar-refractivity contribution in [3.05, 3.63) is 12.7 Å². The van der Waals surface area contributed by atoms with Gasteiger partial charge in [-0.3, -0.25) is 0 Å². The van der Waals surface area contributed by atoms with Gasteiger partial charge in [0.05, 0.1) is 0 Å². The quantitative estimate of drug-likeness (QED) is 0.452. The zero-order chi connectivity index (χ0) is 8.69. The van der Waals surface area contributed by atoms with Gasteiger partial charge in [-0.05, 0) is 12.2 Å². The van der Waals surface area contributed by atoms with E-state index in [4.69, 9.17) is 10.0 Å². The Hall–Kier alpha value is -0.275. The molecule has 0 saturated heterocycles. The molecule has 2 nitrogen and oxygen atoms in total. The Bertz CT molecular complexity index is 104. The number of allylic oxidation sites excluding steroid dienone is 1. The Morgan fingerprint density at radius 1 is 1.55 bits per heavy atom. The highest BCUT2D eigenvalue weighted by molar-refractivity contribution is 6.43. The van der Waals surface area contributed by atoms with Crippen molar-refractivity contribution in [2.75, 3.05) is 0 Å². The number of unbranched alkanes of at least 4 members (excludes halogenated alkanes) is 1. The maximum absolute atomic E-state index is 8.88. The Morgan fingerprint density at radius 2 is 2.18 bits per heavy atom. The predicted molar refractivity (Wildman–Crippen MR) is 48.3 cm³/mol. The third-order valence-corrected chi connectivity index (χ3v) is 1.82. The Balaban J connectivity index is 3.59. The van der Waals surface area contributed by atoms with Gasteiger partial charge in [-0.15, -0.1) is 6.58 Å². The van der Waals surface area contributed by atoms with E-state index in [1.165, 1.54) is 0 Å². The molecule has 1 atom stereocenters. The van der Waals surface area contributed by atoms with Gasteiger partial charge in [-0.2, -0.15) is 0 Å². The summed E-state index contributed by atoms with van der Waals surface area (Å²) in [6, 6.07) is 0. The lowest BCUT2D eigenvalue weighted by Crippen LogP contribution is -2.19. The minimum Gasteiger partial charge on any atom is -0.427 e. The molecular formula is C8H17BO2. The Morgan fingerprint density at radius 3 is 2.55 bits per heavy atom. The minimum atomic E-state index is -1.18. The molecule has 11 heavy (non-hydrogen) atoms. The van der Waals surface area contributed by atoms with Gasteiger partial charge in [0.1, 0.15) is 0 Å². The lowest BCUT2D eigenvalue weighted by molar-refractivity contribution is 0.376. The Labute approximate surface area is 69.1 Å². The third-order valence-electron chi connectivity index (χ3n) is 1.82. The minimum absolute atomic E-state index is 0.0209. The normalized spacial score (nSPS) is 12.6. The first-order valence-corrected chi connectivity index (χ1v) is 4.19. The number of hydrogen-bond acceptors (Lipinski definition) is 2. The van der Waals surface area contributed by atoms with Gasteiger partial charge >= 0.3 is 7.12 Å². The van der Waals surface area contributed by atoms with Crippen LogP contribution in [0.4, 0.5) is 0 Å². The van der Waals surface area contributed by atoms with Crippen molar-refractivity contribution in [2.24, 2.45) is 0 Å². The van der Waals surface area contributed by atoms with E-state index in [9.17, 15) is 0 Å². The van der Waals surface area contributed by atoms with E-state index in [1.807, 2.05) is 0 Å². The summed E-state index contributed by atoms with van der Waals surface area (Å²) in [5, 5.41) is 17.8. The van der Waals surface area contributed by atoms with Gasteiger partial charge in [0.2, 0.25) is 0 Å². The monoisotopic (exact) mass is 156 g/mol. The fourth-order valence-corrected chi connectivity index (χ4v) is 1.07. The van der Waals surface area contributed by atoms with Crippen molar-refractivity contribution in [1.29, 1.82) is 0 Å². The summed E-state index contributed by atoms with van der Waals surface area (Å²) in [6.07, 6.45) is 5.45. The second kappa shape index (κ2) is 6.44. The van der Waals surface area contributed by atoms with Gasteiger partial charge in [0, 0.05) is 0 Å². The molecule has 0 aliphatic rings. The van der Waals surface area contributed by atoms with Crippen molar-refractivity contribution in [1.82, 2.24) is 0 Å². The predicted octanol–water partition coefficient (Wildman–Crippen LogP) is 1.60. The van der Waals surface area contributed by atoms with Gasteiger partial charge < -0.3 is 10.0 Å². The van der Waals surface area contributed by atoms with E-state index in [2.05, 4.69) is 13.5 Å². The van der Waals surface area contributed by atoms with Crippen LogP contribution in [0.15, 0.2) is 12.7 Å². The second-order valence-electron chi connectivity index (χ2n) is 2.84. The molecule has 3 heteroatoms. The molecule has 0 aliphatic carbocycles. The zero-order valence-electron chi connectivity index (χ0n) is 7.16. The molecule has 0 radical (unpaired) electrons. The molecule has 0 aromatic heterocycles. The number of hydrogen-bond donors (Lipinski definition) is 2. The first kappa shape index (κ1) is 10.7. The first-order chi connectivity index (χ1) is 5.22. The largest absolute Gasteiger partial charge is 0.455 e. The average molecular weight is 156 g/mol. The first-order valence-electron chi connectivity index (χ1n) is 4.19. The summed E-state index contributed by atoms with van der Waals surface area (Å²) in [6.45, 7) is 5.66. The van der Waals surface area contributed by atoms with Gasteiger partial charge in [0.25, 0.3) is 0 Å². The van der Waals surface area contributed by atoms with Gasteiger partial charge in [0.15, 0.2) is 0 Å². The van der Waals surface area contributed by atoms with Crippen molar-refractivity contribution < 1.29 is 10.0 Å². The molecule has 1 unspecified atom stereocenters. The molecule has 0 spiro atoms. The van der Waals surface area contributed by atoms with Crippen molar-refractivity contribution in [2.45, 2.75) is 38.4 Å². The molecule has 0 saturated carbocycles. The summed E-state index contributed by atoms with van der Waals surface area (Å²) in [5.41, 5.74) is 0. The van der Waals surface area contributed by atoms with Gasteiger partial charge in [-0.1, -0.05) is 32.3 Å². The molecule has 0 aromatic carbocycles. The highest BCUT2D eigenvalue weighted by atomic mass is 16.4. The molecular weight excluding hydrogens is 139 g/mol. The number of rotatable bonds is 6. The van der Waals surface area contributed by atoms with Crippen LogP contribution in [-0.4, -0.2) is 17.2 Å². The average Bonchev–Trinajstić information content (AvgIpc) is 1.97. The summed E-state index contributed by atoms with van der Waals surface area (Å²) < 4.78 is 0. The molecule has 0 heterocycles. The van der Waals surface area contributed by atoms with Crippen LogP contribution in [0, 0.1) is 0 Å². The van der Waals surface area contributed by atoms with Crippen LogP contribution in [-0.2, 0) is 0 Å². The third kappa shape index (κ3) is 5.05. The van der Waals surface area contributed by atoms with Crippen molar-refractivity contribution in [3.8, 4) is 0 Å². The maximum Gasteiger partial charge on any atom is 0.455 e. The fraction of sp³-hybridized carbons (Fsp3) is 0.750. The molecule has 0 amide bonds. The molecule has 64 valence electrons. The molecule has 0 bridgehead atoms. The molecule has 2 N–H and O–H groups in total. The second-order valence-corrected chi connectivity index (χ2v) is 2.84. The van der Waals surface area contributed by atoms with Crippen molar-refractivity contribution >= 4 is 7.12 Å². The van der Waals surface area contributed by atoms with Gasteiger partial charge in [-0.25, -0.2) is 0 Å². The highest BCUT2D eigenvalue weighted by Gasteiger charge is 2.20. The summed E-state index contributed by atoms with van der Waals surface area (Å²) >= 11 is 0. The molecule has 0 rings (SSSR count). The van der Waals surface area contributed by atoms with E-state index in [0.717, 1.165) is 19.3 Å². The molecule has 0 fully saturated rings. The fourth-order valence-electron chi connectivity index (χ4n) is 1.07. The van der Waals surface area contributed by atoms with Crippen LogP contribution in [0.3, 0.4) is 0 Å². The SMILES string of the molecule is C=CCC(CCCC)B(O)O. The standard InChI is InChI=1S/C8H17BO2/c1-3-5-7-8(6-4-2)9(10)11/h4,8,10-11H,2-3,5-7H2,1H3. The van der Waals surface area contributed by atoms with E-state index < -0.39 is 7.12 Å². The molecule has 0 aromatic rings.